The Morgan fingerprint density at radius 2 is 2.00 bits per heavy atom. The average molecular weight is 349 g/mol. The summed E-state index contributed by atoms with van der Waals surface area (Å²) in [6.45, 7) is 4.61. The fourth-order valence-electron chi connectivity index (χ4n) is 4.15. The molecule has 1 unspecified atom stereocenters. The fourth-order valence-corrected chi connectivity index (χ4v) is 4.15. The summed E-state index contributed by atoms with van der Waals surface area (Å²) in [5, 5.41) is 0. The van der Waals surface area contributed by atoms with Gasteiger partial charge in [-0.05, 0) is 37.5 Å². The molecule has 2 saturated heterocycles. The van der Waals surface area contributed by atoms with Crippen molar-refractivity contribution in [1.29, 1.82) is 0 Å². The van der Waals surface area contributed by atoms with Gasteiger partial charge in [0.25, 0.3) is 5.91 Å². The van der Waals surface area contributed by atoms with E-state index in [1.165, 1.54) is 5.56 Å². The van der Waals surface area contributed by atoms with Gasteiger partial charge in [-0.25, -0.2) is 0 Å². The first-order chi connectivity index (χ1) is 12.6. The zero-order chi connectivity index (χ0) is 18.1. The second-order valence-electron chi connectivity index (χ2n) is 7.44. The Hall–Kier alpha value is -2.69. The Labute approximate surface area is 153 Å². The number of pyridine rings is 1. The molecule has 1 aromatic heterocycles. The van der Waals surface area contributed by atoms with Crippen LogP contribution in [0.5, 0.6) is 0 Å². The Morgan fingerprint density at radius 3 is 2.77 bits per heavy atom. The highest BCUT2D eigenvalue weighted by Gasteiger charge is 2.51. The summed E-state index contributed by atoms with van der Waals surface area (Å²) < 4.78 is 0. The van der Waals surface area contributed by atoms with Crippen molar-refractivity contribution in [2.75, 3.05) is 19.6 Å². The lowest BCUT2D eigenvalue weighted by Gasteiger charge is -2.23. The number of amides is 2. The van der Waals surface area contributed by atoms with E-state index in [4.69, 9.17) is 0 Å². The van der Waals surface area contributed by atoms with Crippen molar-refractivity contribution in [3.05, 3.63) is 65.5 Å². The van der Waals surface area contributed by atoms with Crippen LogP contribution in [-0.4, -0.2) is 46.2 Å². The van der Waals surface area contributed by atoms with Crippen molar-refractivity contribution in [1.82, 2.24) is 14.8 Å². The predicted molar refractivity (Wildman–Crippen MR) is 98.4 cm³/mol. The minimum atomic E-state index is -0.408. The van der Waals surface area contributed by atoms with Crippen molar-refractivity contribution in [3.63, 3.8) is 0 Å². The minimum Gasteiger partial charge on any atom is -0.338 e. The van der Waals surface area contributed by atoms with Crippen LogP contribution in [0.1, 0.15) is 34.5 Å². The molecule has 4 rings (SSSR count). The molecular formula is C21H23N3O2. The largest absolute Gasteiger partial charge is 0.338 e. The monoisotopic (exact) mass is 349 g/mol. The highest BCUT2D eigenvalue weighted by atomic mass is 16.2. The average Bonchev–Trinajstić information content (AvgIpc) is 3.22. The molecule has 5 nitrogen and oxygen atoms in total. The number of likely N-dealkylation sites (tertiary alicyclic amines) is 2. The maximum atomic E-state index is 13.1. The predicted octanol–water partition coefficient (Wildman–Crippen LogP) is 2.65. The SMILES string of the molecule is Cc1cccc(CN2CCC3(CCN(C(=O)c4ccccn4)C3)C2=O)c1. The van der Waals surface area contributed by atoms with Crippen LogP contribution in [0.15, 0.2) is 48.7 Å². The number of hydrogen-bond donors (Lipinski definition) is 0. The number of aromatic nitrogens is 1. The summed E-state index contributed by atoms with van der Waals surface area (Å²) in [5.41, 5.74) is 2.41. The van der Waals surface area contributed by atoms with Crippen LogP contribution < -0.4 is 0 Å². The Bertz CT molecular complexity index is 836. The van der Waals surface area contributed by atoms with Gasteiger partial charge in [-0.3, -0.25) is 14.6 Å². The molecule has 0 saturated carbocycles. The maximum absolute atomic E-state index is 13.1. The van der Waals surface area contributed by atoms with Crippen LogP contribution in [-0.2, 0) is 11.3 Å². The lowest BCUT2D eigenvalue weighted by molar-refractivity contribution is -0.135. The van der Waals surface area contributed by atoms with Gasteiger partial charge in [0.1, 0.15) is 5.69 Å². The molecule has 1 aromatic carbocycles. The quantitative estimate of drug-likeness (QED) is 0.856. The highest BCUT2D eigenvalue weighted by molar-refractivity contribution is 5.94. The molecule has 26 heavy (non-hydrogen) atoms. The van der Waals surface area contributed by atoms with E-state index in [1.54, 1.807) is 23.2 Å². The molecular weight excluding hydrogens is 326 g/mol. The molecule has 3 heterocycles. The van der Waals surface area contributed by atoms with Gasteiger partial charge in [0.05, 0.1) is 5.41 Å². The number of hydrogen-bond acceptors (Lipinski definition) is 3. The Morgan fingerprint density at radius 1 is 1.15 bits per heavy atom. The van der Waals surface area contributed by atoms with Gasteiger partial charge in [-0.2, -0.15) is 0 Å². The molecule has 2 aromatic rings. The van der Waals surface area contributed by atoms with Gasteiger partial charge in [-0.15, -0.1) is 0 Å². The van der Waals surface area contributed by atoms with E-state index < -0.39 is 5.41 Å². The number of carbonyl (C=O) groups excluding carboxylic acids is 2. The van der Waals surface area contributed by atoms with Gasteiger partial charge in [0.15, 0.2) is 0 Å². The molecule has 5 heteroatoms. The van der Waals surface area contributed by atoms with Gasteiger partial charge in [-0.1, -0.05) is 35.9 Å². The van der Waals surface area contributed by atoms with Crippen LogP contribution in [0.4, 0.5) is 0 Å². The normalized spacial score (nSPS) is 22.4. The van der Waals surface area contributed by atoms with E-state index in [2.05, 4.69) is 30.1 Å². The van der Waals surface area contributed by atoms with Crippen LogP contribution >= 0.6 is 0 Å². The standard InChI is InChI=1S/C21H23N3O2/c1-16-5-4-6-17(13-16)14-23-11-8-21(20(23)26)9-12-24(15-21)19(25)18-7-2-3-10-22-18/h2-7,10,13H,8-9,11-12,14-15H2,1H3. The third-order valence-electron chi connectivity index (χ3n) is 5.58. The lowest BCUT2D eigenvalue weighted by Crippen LogP contribution is -2.38. The summed E-state index contributed by atoms with van der Waals surface area (Å²) in [6, 6.07) is 13.6. The molecule has 0 radical (unpaired) electrons. The van der Waals surface area contributed by atoms with E-state index in [-0.39, 0.29) is 11.8 Å². The zero-order valence-corrected chi connectivity index (χ0v) is 15.0. The van der Waals surface area contributed by atoms with Crippen molar-refractivity contribution in [3.8, 4) is 0 Å². The number of aryl methyl sites for hydroxylation is 1. The first-order valence-corrected chi connectivity index (χ1v) is 9.13. The number of benzene rings is 1. The molecule has 2 fully saturated rings. The Kier molecular flexibility index (Phi) is 4.23. The van der Waals surface area contributed by atoms with Gasteiger partial charge in [0.2, 0.25) is 5.91 Å². The van der Waals surface area contributed by atoms with Crippen LogP contribution in [0.2, 0.25) is 0 Å². The number of nitrogens with zero attached hydrogens (tertiary/aromatic N) is 3. The smallest absolute Gasteiger partial charge is 0.272 e. The van der Waals surface area contributed by atoms with Gasteiger partial charge in [0, 0.05) is 32.4 Å². The molecule has 1 atom stereocenters. The van der Waals surface area contributed by atoms with Crippen LogP contribution in [0, 0.1) is 12.3 Å². The molecule has 0 N–H and O–H groups in total. The van der Waals surface area contributed by atoms with E-state index in [0.29, 0.717) is 25.3 Å². The second kappa shape index (κ2) is 6.56. The zero-order valence-electron chi connectivity index (χ0n) is 15.0. The van der Waals surface area contributed by atoms with E-state index >= 15 is 0 Å². The number of carbonyl (C=O) groups is 2. The van der Waals surface area contributed by atoms with E-state index in [0.717, 1.165) is 24.9 Å². The summed E-state index contributed by atoms with van der Waals surface area (Å²) in [6.07, 6.45) is 3.20. The molecule has 1 spiro atoms. The fraction of sp³-hybridized carbons (Fsp3) is 0.381. The molecule has 2 aliphatic rings. The second-order valence-corrected chi connectivity index (χ2v) is 7.44. The minimum absolute atomic E-state index is 0.0765. The first kappa shape index (κ1) is 16.8. The topological polar surface area (TPSA) is 53.5 Å². The van der Waals surface area contributed by atoms with Crippen molar-refractivity contribution in [2.45, 2.75) is 26.3 Å². The molecule has 134 valence electrons. The van der Waals surface area contributed by atoms with Gasteiger partial charge >= 0.3 is 0 Å². The highest BCUT2D eigenvalue weighted by Crippen LogP contribution is 2.41. The molecule has 0 bridgehead atoms. The first-order valence-electron chi connectivity index (χ1n) is 9.13. The van der Waals surface area contributed by atoms with Gasteiger partial charge < -0.3 is 9.80 Å². The van der Waals surface area contributed by atoms with Crippen molar-refractivity contribution >= 4 is 11.8 Å². The molecule has 2 aliphatic heterocycles. The van der Waals surface area contributed by atoms with Crippen LogP contribution in [0.25, 0.3) is 0 Å². The third kappa shape index (κ3) is 2.98. The lowest BCUT2D eigenvalue weighted by atomic mass is 9.85. The van der Waals surface area contributed by atoms with E-state index in [9.17, 15) is 9.59 Å². The third-order valence-corrected chi connectivity index (χ3v) is 5.58. The summed E-state index contributed by atoms with van der Waals surface area (Å²) in [7, 11) is 0. The number of rotatable bonds is 3. The van der Waals surface area contributed by atoms with E-state index in [1.807, 2.05) is 17.0 Å². The van der Waals surface area contributed by atoms with Crippen molar-refractivity contribution in [2.24, 2.45) is 5.41 Å². The van der Waals surface area contributed by atoms with Crippen LogP contribution in [0.3, 0.4) is 0 Å². The molecule has 0 aliphatic carbocycles. The summed E-state index contributed by atoms with van der Waals surface area (Å²) >= 11 is 0. The summed E-state index contributed by atoms with van der Waals surface area (Å²) in [4.78, 5) is 33.6. The molecule has 2 amide bonds. The van der Waals surface area contributed by atoms with Crippen molar-refractivity contribution < 1.29 is 9.59 Å². The maximum Gasteiger partial charge on any atom is 0.272 e. The Balaban J connectivity index is 1.45. The summed E-state index contributed by atoms with van der Waals surface area (Å²) in [5.74, 6) is 0.114.